The highest BCUT2D eigenvalue weighted by Crippen LogP contribution is 2.29. The largest absolute Gasteiger partial charge is 0.360 e. The fourth-order valence-electron chi connectivity index (χ4n) is 2.01. The quantitative estimate of drug-likeness (QED) is 0.763. The van der Waals surface area contributed by atoms with E-state index in [1.165, 1.54) is 29.3 Å². The summed E-state index contributed by atoms with van der Waals surface area (Å²) >= 11 is 0. The molecule has 1 aromatic heterocycles. The van der Waals surface area contributed by atoms with Gasteiger partial charge >= 0.3 is 0 Å². The van der Waals surface area contributed by atoms with Crippen LogP contribution in [0.25, 0.3) is 10.9 Å². The molecule has 0 unspecified atom stereocenters. The van der Waals surface area contributed by atoms with E-state index in [0.29, 0.717) is 6.73 Å². The third kappa shape index (κ3) is 1.98. The van der Waals surface area contributed by atoms with Gasteiger partial charge in [0.25, 0.3) is 0 Å². The summed E-state index contributed by atoms with van der Waals surface area (Å²) in [6, 6.07) is 8.69. The van der Waals surface area contributed by atoms with E-state index in [-0.39, 0.29) is 0 Å². The first kappa shape index (κ1) is 9.91. The molecule has 2 nitrogen and oxygen atoms in total. The van der Waals surface area contributed by atoms with E-state index in [4.69, 9.17) is 4.74 Å². The average molecular weight is 215 g/mol. The standard InChI is InChI=1S/C14H17NO/c1-11-2-5-13-6-7-15(14(13)8-11)10-16-9-12-3-4-12/h2,5-8,12H,3-4,9-10H2,1H3. The van der Waals surface area contributed by atoms with Crippen LogP contribution in [0.3, 0.4) is 0 Å². The maximum absolute atomic E-state index is 5.71. The van der Waals surface area contributed by atoms with Crippen LogP contribution in [0.1, 0.15) is 18.4 Å². The zero-order chi connectivity index (χ0) is 11.0. The Hall–Kier alpha value is -1.28. The van der Waals surface area contributed by atoms with E-state index in [9.17, 15) is 0 Å². The lowest BCUT2D eigenvalue weighted by Crippen LogP contribution is -2.03. The third-order valence-corrected chi connectivity index (χ3v) is 3.21. The van der Waals surface area contributed by atoms with Crippen LogP contribution in [0.2, 0.25) is 0 Å². The first-order valence-electron chi connectivity index (χ1n) is 5.96. The Labute approximate surface area is 95.8 Å². The summed E-state index contributed by atoms with van der Waals surface area (Å²) < 4.78 is 7.90. The van der Waals surface area contributed by atoms with E-state index in [1.54, 1.807) is 0 Å². The monoisotopic (exact) mass is 215 g/mol. The molecule has 0 N–H and O–H groups in total. The van der Waals surface area contributed by atoms with Crippen LogP contribution in [-0.2, 0) is 11.5 Å². The number of aromatic nitrogens is 1. The summed E-state index contributed by atoms with van der Waals surface area (Å²) in [4.78, 5) is 0. The molecule has 0 amide bonds. The normalized spacial score (nSPS) is 15.8. The van der Waals surface area contributed by atoms with Gasteiger partial charge in [-0.15, -0.1) is 0 Å². The Morgan fingerprint density at radius 2 is 2.19 bits per heavy atom. The first-order chi connectivity index (χ1) is 7.83. The van der Waals surface area contributed by atoms with E-state index in [0.717, 1.165) is 12.5 Å². The second-order valence-electron chi connectivity index (χ2n) is 4.79. The molecule has 1 heterocycles. The third-order valence-electron chi connectivity index (χ3n) is 3.21. The summed E-state index contributed by atoms with van der Waals surface area (Å²) in [7, 11) is 0. The number of hydrogen-bond acceptors (Lipinski definition) is 1. The average Bonchev–Trinajstić information content (AvgIpc) is 3.01. The number of hydrogen-bond donors (Lipinski definition) is 0. The maximum Gasteiger partial charge on any atom is 0.122 e. The minimum atomic E-state index is 0.684. The highest BCUT2D eigenvalue weighted by atomic mass is 16.5. The van der Waals surface area contributed by atoms with E-state index >= 15 is 0 Å². The van der Waals surface area contributed by atoms with Crippen molar-refractivity contribution in [3.63, 3.8) is 0 Å². The Balaban J connectivity index is 1.76. The predicted octanol–water partition coefficient (Wildman–Crippen LogP) is 3.33. The van der Waals surface area contributed by atoms with Crippen molar-refractivity contribution in [2.75, 3.05) is 6.61 Å². The number of benzene rings is 1. The van der Waals surface area contributed by atoms with Gasteiger partial charge in [0, 0.05) is 6.20 Å². The number of fused-ring (bicyclic) bond motifs is 1. The van der Waals surface area contributed by atoms with Gasteiger partial charge in [0.05, 0.1) is 12.1 Å². The summed E-state index contributed by atoms with van der Waals surface area (Å²) in [6.45, 7) is 3.73. The van der Waals surface area contributed by atoms with Gasteiger partial charge in [-0.25, -0.2) is 0 Å². The second kappa shape index (κ2) is 3.95. The summed E-state index contributed by atoms with van der Waals surface area (Å²) in [5, 5.41) is 1.29. The van der Waals surface area contributed by atoms with Crippen LogP contribution in [0.5, 0.6) is 0 Å². The molecular weight excluding hydrogens is 198 g/mol. The Bertz CT molecular complexity index is 496. The summed E-state index contributed by atoms with van der Waals surface area (Å²) in [6.07, 6.45) is 4.81. The maximum atomic E-state index is 5.71. The van der Waals surface area contributed by atoms with Gasteiger partial charge in [-0.05, 0) is 48.8 Å². The molecule has 0 atom stereocenters. The molecule has 3 rings (SSSR count). The van der Waals surface area contributed by atoms with Gasteiger partial charge in [0.1, 0.15) is 6.73 Å². The highest BCUT2D eigenvalue weighted by molar-refractivity contribution is 5.80. The van der Waals surface area contributed by atoms with Crippen molar-refractivity contribution in [3.8, 4) is 0 Å². The van der Waals surface area contributed by atoms with Crippen molar-refractivity contribution in [2.45, 2.75) is 26.5 Å². The molecule has 0 radical (unpaired) electrons. The molecule has 0 spiro atoms. The number of nitrogens with zero attached hydrogens (tertiary/aromatic N) is 1. The lowest BCUT2D eigenvalue weighted by Gasteiger charge is -2.06. The molecular formula is C14H17NO. The lowest BCUT2D eigenvalue weighted by atomic mass is 10.2. The molecule has 1 aliphatic carbocycles. The van der Waals surface area contributed by atoms with E-state index < -0.39 is 0 Å². The van der Waals surface area contributed by atoms with Gasteiger partial charge in [0.2, 0.25) is 0 Å². The van der Waals surface area contributed by atoms with Gasteiger partial charge in [-0.2, -0.15) is 0 Å². The second-order valence-corrected chi connectivity index (χ2v) is 4.79. The lowest BCUT2D eigenvalue weighted by molar-refractivity contribution is 0.0718. The van der Waals surface area contributed by atoms with Crippen molar-refractivity contribution in [2.24, 2.45) is 5.92 Å². The predicted molar refractivity (Wildman–Crippen MR) is 65.4 cm³/mol. The molecule has 1 saturated carbocycles. The Morgan fingerprint density at radius 1 is 1.31 bits per heavy atom. The molecule has 0 aliphatic heterocycles. The molecule has 2 heteroatoms. The molecule has 84 valence electrons. The van der Waals surface area contributed by atoms with Crippen LogP contribution in [0.4, 0.5) is 0 Å². The van der Waals surface area contributed by atoms with Gasteiger partial charge < -0.3 is 9.30 Å². The fourth-order valence-corrected chi connectivity index (χ4v) is 2.01. The van der Waals surface area contributed by atoms with Crippen molar-refractivity contribution >= 4 is 10.9 Å². The van der Waals surface area contributed by atoms with Crippen LogP contribution in [-0.4, -0.2) is 11.2 Å². The van der Waals surface area contributed by atoms with Crippen molar-refractivity contribution in [3.05, 3.63) is 36.0 Å². The van der Waals surface area contributed by atoms with Gasteiger partial charge in [-0.3, -0.25) is 0 Å². The zero-order valence-corrected chi connectivity index (χ0v) is 9.65. The van der Waals surface area contributed by atoms with Gasteiger partial charge in [0.15, 0.2) is 0 Å². The summed E-state index contributed by atoms with van der Waals surface area (Å²) in [5.41, 5.74) is 2.57. The van der Waals surface area contributed by atoms with E-state index in [1.807, 2.05) is 0 Å². The van der Waals surface area contributed by atoms with Crippen molar-refractivity contribution < 1.29 is 4.74 Å². The van der Waals surface area contributed by atoms with Crippen LogP contribution in [0, 0.1) is 12.8 Å². The molecule has 0 saturated heterocycles. The van der Waals surface area contributed by atoms with Crippen LogP contribution < -0.4 is 0 Å². The molecule has 1 aliphatic rings. The van der Waals surface area contributed by atoms with Crippen molar-refractivity contribution in [1.82, 2.24) is 4.57 Å². The zero-order valence-electron chi connectivity index (χ0n) is 9.65. The molecule has 1 aromatic carbocycles. The number of rotatable bonds is 4. The Morgan fingerprint density at radius 3 is 3.00 bits per heavy atom. The molecule has 1 fully saturated rings. The topological polar surface area (TPSA) is 14.2 Å². The summed E-state index contributed by atoms with van der Waals surface area (Å²) in [5.74, 6) is 0.837. The molecule has 0 bridgehead atoms. The van der Waals surface area contributed by atoms with E-state index in [2.05, 4.69) is 42.0 Å². The minimum absolute atomic E-state index is 0.684. The highest BCUT2D eigenvalue weighted by Gasteiger charge is 2.21. The van der Waals surface area contributed by atoms with Crippen LogP contribution >= 0.6 is 0 Å². The number of ether oxygens (including phenoxy) is 1. The molecule has 16 heavy (non-hydrogen) atoms. The minimum Gasteiger partial charge on any atom is -0.360 e. The van der Waals surface area contributed by atoms with Crippen molar-refractivity contribution in [1.29, 1.82) is 0 Å². The fraction of sp³-hybridized carbons (Fsp3) is 0.429. The Kier molecular flexibility index (Phi) is 2.44. The molecule has 2 aromatic rings. The SMILES string of the molecule is Cc1ccc2ccn(COCC3CC3)c2c1. The first-order valence-corrected chi connectivity index (χ1v) is 5.96. The van der Waals surface area contributed by atoms with Gasteiger partial charge in [-0.1, -0.05) is 12.1 Å². The number of aryl methyl sites for hydroxylation is 1. The smallest absolute Gasteiger partial charge is 0.122 e. The van der Waals surface area contributed by atoms with Crippen LogP contribution in [0.15, 0.2) is 30.5 Å².